The van der Waals surface area contributed by atoms with Crippen LogP contribution in [-0.4, -0.2) is 16.9 Å². The second kappa shape index (κ2) is 3.17. The predicted octanol–water partition coefficient (Wildman–Crippen LogP) is 1.47. The van der Waals surface area contributed by atoms with Gasteiger partial charge in [-0.2, -0.15) is 0 Å². The molecule has 1 N–H and O–H groups in total. The summed E-state index contributed by atoms with van der Waals surface area (Å²) in [5.74, 6) is -2.92. The number of ether oxygens (including phenoxy) is 1. The molecule has 2 rings (SSSR count). The molecule has 0 saturated heterocycles. The molecule has 0 aliphatic carbocycles. The third kappa shape index (κ3) is 1.64. The van der Waals surface area contributed by atoms with Crippen molar-refractivity contribution in [3.63, 3.8) is 0 Å². The molecule has 1 unspecified atom stereocenters. The number of rotatable bonds is 1. The molecular weight excluding hydrogens is 199 g/mol. The van der Waals surface area contributed by atoms with Crippen molar-refractivity contribution in [1.29, 1.82) is 0 Å². The van der Waals surface area contributed by atoms with Crippen molar-refractivity contribution in [2.75, 3.05) is 0 Å². The van der Waals surface area contributed by atoms with E-state index in [9.17, 15) is 14.3 Å². The lowest BCUT2D eigenvalue weighted by atomic mass is 9.99. The molecule has 0 amide bonds. The molecule has 0 aromatic heterocycles. The quantitative estimate of drug-likeness (QED) is 0.711. The SMILES string of the molecule is CC1(O)OC(=O)C=C1c1ccccc1F. The lowest BCUT2D eigenvalue weighted by molar-refractivity contribution is -0.169. The van der Waals surface area contributed by atoms with Gasteiger partial charge in [-0.1, -0.05) is 18.2 Å². The molecule has 78 valence electrons. The first-order valence-electron chi connectivity index (χ1n) is 4.43. The highest BCUT2D eigenvalue weighted by Crippen LogP contribution is 2.34. The van der Waals surface area contributed by atoms with Gasteiger partial charge in [0, 0.05) is 24.1 Å². The fraction of sp³-hybridized carbons (Fsp3) is 0.182. The van der Waals surface area contributed by atoms with Gasteiger partial charge in [0.2, 0.25) is 5.79 Å². The van der Waals surface area contributed by atoms with Gasteiger partial charge in [0.25, 0.3) is 0 Å². The highest BCUT2D eigenvalue weighted by molar-refractivity contribution is 5.98. The molecule has 1 aromatic carbocycles. The molecule has 1 aromatic rings. The maximum atomic E-state index is 13.4. The van der Waals surface area contributed by atoms with Crippen molar-refractivity contribution in [3.8, 4) is 0 Å². The maximum absolute atomic E-state index is 13.4. The largest absolute Gasteiger partial charge is 0.426 e. The number of halogens is 1. The second-order valence-electron chi connectivity index (χ2n) is 3.44. The molecule has 0 radical (unpaired) electrons. The maximum Gasteiger partial charge on any atom is 0.334 e. The van der Waals surface area contributed by atoms with Gasteiger partial charge < -0.3 is 9.84 Å². The monoisotopic (exact) mass is 208 g/mol. The predicted molar refractivity (Wildman–Crippen MR) is 51.1 cm³/mol. The highest BCUT2D eigenvalue weighted by Gasteiger charge is 2.38. The number of esters is 1. The number of carbonyl (C=O) groups is 1. The van der Waals surface area contributed by atoms with E-state index >= 15 is 0 Å². The summed E-state index contributed by atoms with van der Waals surface area (Å²) in [5, 5.41) is 9.72. The Kier molecular flexibility index (Phi) is 2.08. The van der Waals surface area contributed by atoms with E-state index < -0.39 is 17.6 Å². The van der Waals surface area contributed by atoms with Crippen LogP contribution in [0.2, 0.25) is 0 Å². The number of hydrogen-bond acceptors (Lipinski definition) is 3. The number of benzene rings is 1. The minimum atomic E-state index is -1.75. The van der Waals surface area contributed by atoms with E-state index in [1.54, 1.807) is 6.07 Å². The molecule has 0 bridgehead atoms. The zero-order valence-electron chi connectivity index (χ0n) is 8.03. The van der Waals surface area contributed by atoms with Gasteiger partial charge >= 0.3 is 5.97 Å². The Hall–Kier alpha value is -1.68. The van der Waals surface area contributed by atoms with Crippen molar-refractivity contribution in [1.82, 2.24) is 0 Å². The van der Waals surface area contributed by atoms with Gasteiger partial charge in [0.15, 0.2) is 0 Å². The highest BCUT2D eigenvalue weighted by atomic mass is 19.1. The van der Waals surface area contributed by atoms with Crippen LogP contribution < -0.4 is 0 Å². The second-order valence-corrected chi connectivity index (χ2v) is 3.44. The first-order valence-corrected chi connectivity index (χ1v) is 4.43. The summed E-state index contributed by atoms with van der Waals surface area (Å²) in [6.45, 7) is 1.30. The fourth-order valence-electron chi connectivity index (χ4n) is 1.54. The molecule has 3 nitrogen and oxygen atoms in total. The van der Waals surface area contributed by atoms with Crippen LogP contribution in [0.15, 0.2) is 30.3 Å². The van der Waals surface area contributed by atoms with E-state index in [2.05, 4.69) is 4.74 Å². The van der Waals surface area contributed by atoms with Gasteiger partial charge in [-0.3, -0.25) is 0 Å². The number of aliphatic hydroxyl groups is 1. The van der Waals surface area contributed by atoms with Gasteiger partial charge in [-0.15, -0.1) is 0 Å². The molecule has 1 atom stereocenters. The average Bonchev–Trinajstić information content (AvgIpc) is 2.40. The average molecular weight is 208 g/mol. The van der Waals surface area contributed by atoms with Gasteiger partial charge in [0.1, 0.15) is 5.82 Å². The van der Waals surface area contributed by atoms with E-state index in [0.29, 0.717) is 0 Å². The van der Waals surface area contributed by atoms with Crippen LogP contribution in [-0.2, 0) is 9.53 Å². The molecule has 0 fully saturated rings. The Labute approximate surface area is 85.8 Å². The van der Waals surface area contributed by atoms with Gasteiger partial charge in [0.05, 0.1) is 0 Å². The molecular formula is C11H9FO3. The number of cyclic esters (lactones) is 1. The lowest BCUT2D eigenvalue weighted by Crippen LogP contribution is -2.26. The molecule has 1 heterocycles. The summed E-state index contributed by atoms with van der Waals surface area (Å²) in [6.07, 6.45) is 1.10. The zero-order chi connectivity index (χ0) is 11.1. The van der Waals surface area contributed by atoms with Crippen molar-refractivity contribution in [2.24, 2.45) is 0 Å². The summed E-state index contributed by atoms with van der Waals surface area (Å²) < 4.78 is 18.0. The van der Waals surface area contributed by atoms with Crippen LogP contribution in [0.3, 0.4) is 0 Å². The minimum absolute atomic E-state index is 0.144. The zero-order valence-corrected chi connectivity index (χ0v) is 8.03. The number of hydrogen-bond donors (Lipinski definition) is 1. The van der Waals surface area contributed by atoms with Gasteiger partial charge in [-0.25, -0.2) is 9.18 Å². The van der Waals surface area contributed by atoms with Crippen LogP contribution in [0.25, 0.3) is 5.57 Å². The van der Waals surface area contributed by atoms with Crippen LogP contribution in [0.5, 0.6) is 0 Å². The van der Waals surface area contributed by atoms with E-state index in [0.717, 1.165) is 6.08 Å². The molecule has 1 aliphatic rings. The number of carbonyl (C=O) groups excluding carboxylic acids is 1. The third-order valence-electron chi connectivity index (χ3n) is 2.23. The Bertz CT molecular complexity index is 449. The van der Waals surface area contributed by atoms with Crippen LogP contribution in [0.4, 0.5) is 4.39 Å². The standard InChI is InChI=1S/C11H9FO3/c1-11(14)8(6-10(13)15-11)7-4-2-3-5-9(7)12/h2-6,14H,1H3. The van der Waals surface area contributed by atoms with Crippen molar-refractivity contribution in [2.45, 2.75) is 12.7 Å². The summed E-state index contributed by atoms with van der Waals surface area (Å²) in [4.78, 5) is 11.0. The lowest BCUT2D eigenvalue weighted by Gasteiger charge is -2.19. The Morgan fingerprint density at radius 1 is 1.40 bits per heavy atom. The summed E-state index contributed by atoms with van der Waals surface area (Å²) in [6, 6.07) is 5.90. The molecule has 4 heteroatoms. The molecule has 0 spiro atoms. The fourth-order valence-corrected chi connectivity index (χ4v) is 1.54. The summed E-state index contributed by atoms with van der Waals surface area (Å²) in [5.41, 5.74) is 0.318. The molecule has 15 heavy (non-hydrogen) atoms. The Morgan fingerprint density at radius 2 is 2.07 bits per heavy atom. The van der Waals surface area contributed by atoms with Crippen LogP contribution >= 0.6 is 0 Å². The molecule has 0 saturated carbocycles. The Balaban J connectivity index is 2.53. The van der Waals surface area contributed by atoms with E-state index in [1.165, 1.54) is 25.1 Å². The summed E-state index contributed by atoms with van der Waals surface area (Å²) in [7, 11) is 0. The van der Waals surface area contributed by atoms with E-state index in [1.807, 2.05) is 0 Å². The molecule has 1 aliphatic heterocycles. The smallest absolute Gasteiger partial charge is 0.334 e. The van der Waals surface area contributed by atoms with E-state index in [4.69, 9.17) is 0 Å². The van der Waals surface area contributed by atoms with Crippen molar-refractivity contribution < 1.29 is 19.0 Å². The van der Waals surface area contributed by atoms with Gasteiger partial charge in [-0.05, 0) is 6.07 Å². The Morgan fingerprint density at radius 3 is 2.60 bits per heavy atom. The van der Waals surface area contributed by atoms with Crippen molar-refractivity contribution >= 4 is 11.5 Å². The van der Waals surface area contributed by atoms with Crippen molar-refractivity contribution in [3.05, 3.63) is 41.7 Å². The first-order chi connectivity index (χ1) is 7.00. The third-order valence-corrected chi connectivity index (χ3v) is 2.23. The first kappa shape index (κ1) is 9.86. The van der Waals surface area contributed by atoms with E-state index in [-0.39, 0.29) is 11.1 Å². The minimum Gasteiger partial charge on any atom is -0.426 e. The van der Waals surface area contributed by atoms with Crippen LogP contribution in [0.1, 0.15) is 12.5 Å². The topological polar surface area (TPSA) is 46.5 Å². The normalized spacial score (nSPS) is 25.0. The van der Waals surface area contributed by atoms with Crippen LogP contribution in [0, 0.1) is 5.82 Å². The summed E-state index contributed by atoms with van der Waals surface area (Å²) >= 11 is 0.